The molecule has 1 rings (SSSR count). The summed E-state index contributed by atoms with van der Waals surface area (Å²) in [6.07, 6.45) is 9.81. The van der Waals surface area contributed by atoms with Crippen LogP contribution < -0.4 is 0 Å². The van der Waals surface area contributed by atoms with Gasteiger partial charge in [0.2, 0.25) is 0 Å². The molecular weight excluding hydrogens is 338 g/mol. The zero-order valence-electron chi connectivity index (χ0n) is 14.6. The first-order chi connectivity index (χ1) is 10.2. The third-order valence-electron chi connectivity index (χ3n) is 4.64. The lowest BCUT2D eigenvalue weighted by molar-refractivity contribution is 0.0934. The molecule has 0 saturated carbocycles. The van der Waals surface area contributed by atoms with Crippen molar-refractivity contribution in [2.24, 2.45) is 0 Å². The molecule has 1 atom stereocenters. The van der Waals surface area contributed by atoms with Gasteiger partial charge < -0.3 is 5.11 Å². The van der Waals surface area contributed by atoms with E-state index in [1.165, 1.54) is 44.1 Å². The highest BCUT2D eigenvalue weighted by atomic mass is 79.9. The summed E-state index contributed by atoms with van der Waals surface area (Å²) < 4.78 is 0. The van der Waals surface area contributed by atoms with Gasteiger partial charge in [0.05, 0.1) is 0 Å². The van der Waals surface area contributed by atoms with Gasteiger partial charge in [0.15, 0.2) is 0 Å². The van der Waals surface area contributed by atoms with E-state index in [4.69, 9.17) is 0 Å². The predicted octanol–water partition coefficient (Wildman–Crippen LogP) is 5.15. The summed E-state index contributed by atoms with van der Waals surface area (Å²) >= 11 is 0. The molecule has 0 bridgehead atoms. The van der Waals surface area contributed by atoms with Crippen LogP contribution in [0.3, 0.4) is 0 Å². The van der Waals surface area contributed by atoms with Crippen LogP contribution in [0.5, 0.6) is 0 Å². The highest BCUT2D eigenvalue weighted by Gasteiger charge is 2.33. The molecule has 1 aromatic rings. The standard InChI is InChI=1S/C19H33NO.BrH/c1-4-5-6-7-8-12-15-19(16-17-21,20(2)3)18-13-10-9-11-14-18;/h9-11,13-14,21H,4-8,12,15-17H2,1-3H3;1H. The lowest BCUT2D eigenvalue weighted by Gasteiger charge is -2.40. The number of aliphatic hydroxyl groups is 1. The molecule has 0 aliphatic heterocycles. The molecule has 0 saturated heterocycles. The minimum Gasteiger partial charge on any atom is -0.396 e. The summed E-state index contributed by atoms with van der Waals surface area (Å²) in [6, 6.07) is 10.7. The van der Waals surface area contributed by atoms with E-state index in [-0.39, 0.29) is 29.1 Å². The van der Waals surface area contributed by atoms with E-state index in [1.54, 1.807) is 0 Å². The molecule has 0 fully saturated rings. The molecule has 1 N–H and O–H groups in total. The molecule has 0 aromatic heterocycles. The summed E-state index contributed by atoms with van der Waals surface area (Å²) in [7, 11) is 4.28. The van der Waals surface area contributed by atoms with Gasteiger partial charge in [-0.25, -0.2) is 0 Å². The molecule has 128 valence electrons. The van der Waals surface area contributed by atoms with E-state index >= 15 is 0 Å². The van der Waals surface area contributed by atoms with Crippen LogP contribution in [-0.4, -0.2) is 30.7 Å². The number of hydrogen-bond acceptors (Lipinski definition) is 2. The molecule has 0 heterocycles. The minimum atomic E-state index is -0.0270. The molecular formula is C19H34BrNO. The van der Waals surface area contributed by atoms with Crippen LogP contribution in [0.1, 0.15) is 63.9 Å². The Hall–Kier alpha value is -0.380. The number of rotatable bonds is 11. The number of aliphatic hydroxyl groups excluding tert-OH is 1. The SMILES string of the molecule is Br.CCCCCCCCC(CCO)(c1ccccc1)N(C)C. The van der Waals surface area contributed by atoms with Crippen LogP contribution in [-0.2, 0) is 5.54 Å². The van der Waals surface area contributed by atoms with Gasteiger partial charge in [-0.3, -0.25) is 4.90 Å². The normalized spacial score (nSPS) is 13.7. The van der Waals surface area contributed by atoms with E-state index in [2.05, 4.69) is 56.3 Å². The average Bonchev–Trinajstić information content (AvgIpc) is 2.50. The van der Waals surface area contributed by atoms with E-state index in [9.17, 15) is 5.11 Å². The monoisotopic (exact) mass is 371 g/mol. The van der Waals surface area contributed by atoms with Gasteiger partial charge in [-0.1, -0.05) is 75.8 Å². The van der Waals surface area contributed by atoms with Crippen molar-refractivity contribution in [1.29, 1.82) is 0 Å². The second-order valence-corrected chi connectivity index (χ2v) is 6.28. The maximum Gasteiger partial charge on any atom is 0.0476 e. The first-order valence-electron chi connectivity index (χ1n) is 8.51. The van der Waals surface area contributed by atoms with Crippen molar-refractivity contribution in [3.05, 3.63) is 35.9 Å². The fourth-order valence-corrected chi connectivity index (χ4v) is 3.25. The highest BCUT2D eigenvalue weighted by Crippen LogP contribution is 2.35. The third-order valence-corrected chi connectivity index (χ3v) is 4.64. The molecule has 2 nitrogen and oxygen atoms in total. The Balaban J connectivity index is 0.00000441. The number of halogens is 1. The zero-order valence-corrected chi connectivity index (χ0v) is 16.3. The second-order valence-electron chi connectivity index (χ2n) is 6.28. The predicted molar refractivity (Wildman–Crippen MR) is 102 cm³/mol. The number of unbranched alkanes of at least 4 members (excludes halogenated alkanes) is 5. The maximum absolute atomic E-state index is 9.56. The summed E-state index contributed by atoms with van der Waals surface area (Å²) in [4.78, 5) is 2.30. The molecule has 0 amide bonds. The molecule has 1 unspecified atom stereocenters. The van der Waals surface area contributed by atoms with Gasteiger partial charge >= 0.3 is 0 Å². The summed E-state index contributed by atoms with van der Waals surface area (Å²) in [5, 5.41) is 9.56. The van der Waals surface area contributed by atoms with Crippen LogP contribution in [0.2, 0.25) is 0 Å². The van der Waals surface area contributed by atoms with Crippen LogP contribution >= 0.6 is 17.0 Å². The van der Waals surface area contributed by atoms with Crippen LogP contribution in [0.25, 0.3) is 0 Å². The van der Waals surface area contributed by atoms with Crippen molar-refractivity contribution in [2.75, 3.05) is 20.7 Å². The van der Waals surface area contributed by atoms with Crippen molar-refractivity contribution in [3.8, 4) is 0 Å². The summed E-state index contributed by atoms with van der Waals surface area (Å²) in [5.41, 5.74) is 1.30. The Kier molecular flexibility index (Phi) is 11.9. The van der Waals surface area contributed by atoms with Crippen molar-refractivity contribution in [2.45, 2.75) is 63.8 Å². The Morgan fingerprint density at radius 2 is 1.50 bits per heavy atom. The molecule has 0 spiro atoms. The zero-order chi connectivity index (χ0) is 15.6. The molecule has 3 heteroatoms. The van der Waals surface area contributed by atoms with Gasteiger partial charge in [0, 0.05) is 12.1 Å². The largest absolute Gasteiger partial charge is 0.396 e. The summed E-state index contributed by atoms with van der Waals surface area (Å²) in [5.74, 6) is 0. The molecule has 22 heavy (non-hydrogen) atoms. The van der Waals surface area contributed by atoms with E-state index in [0.29, 0.717) is 0 Å². The number of nitrogens with zero attached hydrogens (tertiary/aromatic N) is 1. The fraction of sp³-hybridized carbons (Fsp3) is 0.684. The molecule has 1 aromatic carbocycles. The Morgan fingerprint density at radius 3 is 2.05 bits per heavy atom. The highest BCUT2D eigenvalue weighted by molar-refractivity contribution is 8.93. The van der Waals surface area contributed by atoms with Gasteiger partial charge in [0.25, 0.3) is 0 Å². The first kappa shape index (κ1) is 21.6. The van der Waals surface area contributed by atoms with Crippen LogP contribution in [0.15, 0.2) is 30.3 Å². The fourth-order valence-electron chi connectivity index (χ4n) is 3.25. The Labute approximate surface area is 147 Å². The van der Waals surface area contributed by atoms with E-state index in [0.717, 1.165) is 12.8 Å². The number of benzene rings is 1. The van der Waals surface area contributed by atoms with Crippen LogP contribution in [0, 0.1) is 0 Å². The smallest absolute Gasteiger partial charge is 0.0476 e. The minimum absolute atomic E-state index is 0. The maximum atomic E-state index is 9.56. The van der Waals surface area contributed by atoms with E-state index in [1.807, 2.05) is 0 Å². The first-order valence-corrected chi connectivity index (χ1v) is 8.51. The van der Waals surface area contributed by atoms with Crippen molar-refractivity contribution < 1.29 is 5.11 Å². The van der Waals surface area contributed by atoms with Crippen LogP contribution in [0.4, 0.5) is 0 Å². The van der Waals surface area contributed by atoms with Crippen molar-refractivity contribution in [1.82, 2.24) is 4.90 Å². The Morgan fingerprint density at radius 1 is 0.909 bits per heavy atom. The van der Waals surface area contributed by atoms with Gasteiger partial charge in [0.1, 0.15) is 0 Å². The lowest BCUT2D eigenvalue weighted by atomic mass is 9.81. The quantitative estimate of drug-likeness (QED) is 0.543. The van der Waals surface area contributed by atoms with Crippen molar-refractivity contribution in [3.63, 3.8) is 0 Å². The average molecular weight is 372 g/mol. The van der Waals surface area contributed by atoms with E-state index < -0.39 is 0 Å². The number of hydrogen-bond donors (Lipinski definition) is 1. The molecule has 0 radical (unpaired) electrons. The van der Waals surface area contributed by atoms with Gasteiger partial charge in [-0.05, 0) is 32.5 Å². The second kappa shape index (κ2) is 12.1. The Bertz CT molecular complexity index is 369. The lowest BCUT2D eigenvalue weighted by Crippen LogP contribution is -2.42. The van der Waals surface area contributed by atoms with Crippen molar-refractivity contribution >= 4 is 17.0 Å². The summed E-state index contributed by atoms with van der Waals surface area (Å²) in [6.45, 7) is 2.50. The topological polar surface area (TPSA) is 23.5 Å². The molecule has 0 aliphatic rings. The van der Waals surface area contributed by atoms with Gasteiger partial charge in [-0.15, -0.1) is 17.0 Å². The van der Waals surface area contributed by atoms with Gasteiger partial charge in [-0.2, -0.15) is 0 Å². The third kappa shape index (κ3) is 6.39. The molecule has 0 aliphatic carbocycles.